The summed E-state index contributed by atoms with van der Waals surface area (Å²) in [4.78, 5) is 24.7. The molecule has 1 saturated heterocycles. The van der Waals surface area contributed by atoms with Crippen molar-refractivity contribution in [3.05, 3.63) is 15.7 Å². The number of benzene rings is 1. The zero-order chi connectivity index (χ0) is 13.3. The van der Waals surface area contributed by atoms with Crippen molar-refractivity contribution in [1.82, 2.24) is 0 Å². The van der Waals surface area contributed by atoms with Crippen molar-refractivity contribution in [3.63, 3.8) is 0 Å². The normalized spacial score (nSPS) is 15.2. The number of imide groups is 1. The molecule has 0 spiro atoms. The average molecular weight is 361 g/mol. The molecule has 2 amide bonds. The third-order valence-corrected chi connectivity index (χ3v) is 3.78. The molecule has 1 aliphatic rings. The van der Waals surface area contributed by atoms with Gasteiger partial charge in [-0.1, -0.05) is 0 Å². The molecular weight excluding hydrogens is 349 g/mol. The Bertz CT molecular complexity index is 499. The van der Waals surface area contributed by atoms with Crippen molar-refractivity contribution < 1.29 is 19.1 Å². The van der Waals surface area contributed by atoms with E-state index in [4.69, 9.17) is 9.47 Å². The van der Waals surface area contributed by atoms with Crippen LogP contribution in [0.15, 0.2) is 12.1 Å². The highest BCUT2D eigenvalue weighted by molar-refractivity contribution is 14.1. The fourth-order valence-corrected chi connectivity index (χ4v) is 2.80. The van der Waals surface area contributed by atoms with E-state index in [9.17, 15) is 9.59 Å². The lowest BCUT2D eigenvalue weighted by Crippen LogP contribution is -2.29. The zero-order valence-corrected chi connectivity index (χ0v) is 12.2. The van der Waals surface area contributed by atoms with Crippen LogP contribution in [-0.4, -0.2) is 26.0 Å². The highest BCUT2D eigenvalue weighted by Gasteiger charge is 2.33. The van der Waals surface area contributed by atoms with Gasteiger partial charge in [-0.15, -0.1) is 0 Å². The van der Waals surface area contributed by atoms with Crippen molar-refractivity contribution in [1.29, 1.82) is 0 Å². The van der Waals surface area contributed by atoms with Gasteiger partial charge >= 0.3 is 0 Å². The predicted molar refractivity (Wildman–Crippen MR) is 74.0 cm³/mol. The highest BCUT2D eigenvalue weighted by Crippen LogP contribution is 2.40. The Labute approximate surface area is 118 Å². The summed E-state index contributed by atoms with van der Waals surface area (Å²) >= 11 is 2.07. The van der Waals surface area contributed by atoms with Gasteiger partial charge in [-0.2, -0.15) is 0 Å². The van der Waals surface area contributed by atoms with Crippen molar-refractivity contribution in [2.45, 2.75) is 12.8 Å². The summed E-state index contributed by atoms with van der Waals surface area (Å²) < 4.78 is 11.2. The number of amides is 2. The summed E-state index contributed by atoms with van der Waals surface area (Å²) in [6, 6.07) is 3.39. The molecule has 6 heteroatoms. The van der Waals surface area contributed by atoms with Gasteiger partial charge in [0.25, 0.3) is 0 Å². The van der Waals surface area contributed by atoms with Crippen LogP contribution in [-0.2, 0) is 9.59 Å². The number of hydrogen-bond donors (Lipinski definition) is 0. The van der Waals surface area contributed by atoms with Gasteiger partial charge in [-0.25, -0.2) is 4.90 Å². The van der Waals surface area contributed by atoms with E-state index in [0.29, 0.717) is 17.2 Å². The van der Waals surface area contributed by atoms with Crippen LogP contribution in [0.25, 0.3) is 0 Å². The van der Waals surface area contributed by atoms with E-state index in [1.807, 2.05) is 0 Å². The van der Waals surface area contributed by atoms with Crippen molar-refractivity contribution in [2.24, 2.45) is 0 Å². The van der Waals surface area contributed by atoms with E-state index < -0.39 is 0 Å². The van der Waals surface area contributed by atoms with Crippen LogP contribution in [0.4, 0.5) is 5.69 Å². The number of nitrogens with zero attached hydrogens (tertiary/aromatic N) is 1. The number of ether oxygens (including phenoxy) is 2. The lowest BCUT2D eigenvalue weighted by molar-refractivity contribution is -0.121. The maximum atomic E-state index is 11.7. The van der Waals surface area contributed by atoms with Crippen LogP contribution in [0, 0.1) is 3.57 Å². The number of rotatable bonds is 3. The second kappa shape index (κ2) is 5.13. The smallest absolute Gasteiger partial charge is 0.234 e. The molecule has 1 aliphatic heterocycles. The van der Waals surface area contributed by atoms with Crippen molar-refractivity contribution >= 4 is 40.1 Å². The van der Waals surface area contributed by atoms with Gasteiger partial charge in [0.05, 0.1) is 23.5 Å². The molecule has 0 saturated carbocycles. The number of carbonyl (C=O) groups excluding carboxylic acids is 2. The van der Waals surface area contributed by atoms with Gasteiger partial charge in [-0.3, -0.25) is 9.59 Å². The monoisotopic (exact) mass is 361 g/mol. The molecule has 18 heavy (non-hydrogen) atoms. The lowest BCUT2D eigenvalue weighted by atomic mass is 10.2. The number of halogens is 1. The summed E-state index contributed by atoms with van der Waals surface area (Å²) in [6.45, 7) is 0. The van der Waals surface area contributed by atoms with Crippen LogP contribution in [0.3, 0.4) is 0 Å². The average Bonchev–Trinajstić information content (AvgIpc) is 2.69. The van der Waals surface area contributed by atoms with Gasteiger partial charge in [0, 0.05) is 12.8 Å². The maximum Gasteiger partial charge on any atom is 0.234 e. The van der Waals surface area contributed by atoms with Crippen LogP contribution < -0.4 is 14.4 Å². The highest BCUT2D eigenvalue weighted by atomic mass is 127. The van der Waals surface area contributed by atoms with E-state index in [1.54, 1.807) is 19.2 Å². The van der Waals surface area contributed by atoms with Gasteiger partial charge in [0.2, 0.25) is 11.8 Å². The fraction of sp³-hybridized carbons (Fsp3) is 0.333. The van der Waals surface area contributed by atoms with Gasteiger partial charge in [-0.05, 0) is 34.7 Å². The molecule has 1 aromatic rings. The molecular formula is C12H12INO4. The minimum absolute atomic E-state index is 0.195. The molecule has 0 radical (unpaired) electrons. The Balaban J connectivity index is 2.54. The Hall–Kier alpha value is -1.31. The molecule has 0 bridgehead atoms. The largest absolute Gasteiger partial charge is 0.496 e. The molecule has 1 fully saturated rings. The summed E-state index contributed by atoms with van der Waals surface area (Å²) in [6.07, 6.45) is 0.509. The maximum absolute atomic E-state index is 11.7. The molecule has 1 heterocycles. The van der Waals surface area contributed by atoms with E-state index in [0.717, 1.165) is 3.57 Å². The van der Waals surface area contributed by atoms with E-state index >= 15 is 0 Å². The van der Waals surface area contributed by atoms with Crippen LogP contribution in [0.5, 0.6) is 11.5 Å². The minimum Gasteiger partial charge on any atom is -0.496 e. The SMILES string of the molecule is COc1ccc(N2C(=O)CCC2=O)c(OC)c1I. The Morgan fingerprint density at radius 2 is 1.72 bits per heavy atom. The third kappa shape index (κ3) is 2.05. The lowest BCUT2D eigenvalue weighted by Gasteiger charge is -2.19. The molecule has 2 rings (SSSR count). The van der Waals surface area contributed by atoms with Gasteiger partial charge in [0.15, 0.2) is 5.75 Å². The molecule has 1 aromatic carbocycles. The van der Waals surface area contributed by atoms with E-state index in [-0.39, 0.29) is 24.7 Å². The predicted octanol–water partition coefficient (Wildman–Crippen LogP) is 1.96. The first-order chi connectivity index (χ1) is 8.60. The van der Waals surface area contributed by atoms with E-state index in [2.05, 4.69) is 22.6 Å². The second-order valence-electron chi connectivity index (χ2n) is 3.76. The number of carbonyl (C=O) groups is 2. The fourth-order valence-electron chi connectivity index (χ4n) is 1.90. The molecule has 0 N–H and O–H groups in total. The first kappa shape index (κ1) is 13.1. The standard InChI is InChI=1S/C12H12INO4/c1-17-8-4-3-7(12(18-2)11(8)13)14-9(15)5-6-10(14)16/h3-4H,5-6H2,1-2H3. The molecule has 0 aliphatic carbocycles. The molecule has 5 nitrogen and oxygen atoms in total. The van der Waals surface area contributed by atoms with Crippen LogP contribution >= 0.6 is 22.6 Å². The second-order valence-corrected chi connectivity index (χ2v) is 4.84. The Kier molecular flexibility index (Phi) is 3.74. The third-order valence-electron chi connectivity index (χ3n) is 2.76. The Morgan fingerprint density at radius 3 is 2.22 bits per heavy atom. The topological polar surface area (TPSA) is 55.8 Å². The Morgan fingerprint density at radius 1 is 1.11 bits per heavy atom. The first-order valence-electron chi connectivity index (χ1n) is 5.36. The molecule has 0 unspecified atom stereocenters. The van der Waals surface area contributed by atoms with Crippen molar-refractivity contribution in [2.75, 3.05) is 19.1 Å². The molecule has 0 aromatic heterocycles. The first-order valence-corrected chi connectivity index (χ1v) is 6.44. The zero-order valence-electron chi connectivity index (χ0n) is 10.0. The summed E-state index contributed by atoms with van der Waals surface area (Å²) in [5, 5.41) is 0. The van der Waals surface area contributed by atoms with Crippen LogP contribution in [0.2, 0.25) is 0 Å². The number of hydrogen-bond acceptors (Lipinski definition) is 4. The minimum atomic E-state index is -0.195. The molecule has 0 atom stereocenters. The summed E-state index contributed by atoms with van der Waals surface area (Å²) in [5.41, 5.74) is 0.482. The van der Waals surface area contributed by atoms with Crippen molar-refractivity contribution in [3.8, 4) is 11.5 Å². The number of anilines is 1. The van der Waals surface area contributed by atoms with Crippen LogP contribution in [0.1, 0.15) is 12.8 Å². The summed E-state index contributed by atoms with van der Waals surface area (Å²) in [5.74, 6) is 0.743. The summed E-state index contributed by atoms with van der Waals surface area (Å²) in [7, 11) is 3.06. The number of methoxy groups -OCH3 is 2. The van der Waals surface area contributed by atoms with E-state index in [1.165, 1.54) is 12.0 Å². The quantitative estimate of drug-likeness (QED) is 0.610. The van der Waals surface area contributed by atoms with Gasteiger partial charge < -0.3 is 9.47 Å². The van der Waals surface area contributed by atoms with Gasteiger partial charge in [0.1, 0.15) is 5.75 Å². The molecule has 96 valence electrons.